The Morgan fingerprint density at radius 2 is 1.72 bits per heavy atom. The van der Waals surface area contributed by atoms with Crippen LogP contribution < -0.4 is 5.73 Å². The van der Waals surface area contributed by atoms with E-state index in [9.17, 15) is 0 Å². The fourth-order valence-corrected chi connectivity index (χ4v) is 2.89. The molecule has 0 bridgehead atoms. The smallest absolute Gasteiger partial charge is 0.0470 e. The van der Waals surface area contributed by atoms with Gasteiger partial charge in [-0.3, -0.25) is 4.90 Å². The average molecular weight is 266 g/mol. The molecule has 1 aromatic rings. The fourth-order valence-electron chi connectivity index (χ4n) is 2.48. The molecule has 0 saturated carbocycles. The molecule has 0 aliphatic rings. The first-order chi connectivity index (χ1) is 8.67. The number of likely N-dealkylation sites (N-methyl/N-ethyl adjacent to an activating group) is 1. The van der Waals surface area contributed by atoms with Gasteiger partial charge in [0.1, 0.15) is 0 Å². The first-order valence-corrected chi connectivity index (χ1v) is 7.96. The van der Waals surface area contributed by atoms with Crippen molar-refractivity contribution in [2.75, 3.05) is 19.8 Å². The Kier molecular flexibility index (Phi) is 6.76. The second-order valence-corrected chi connectivity index (χ2v) is 5.54. The van der Waals surface area contributed by atoms with E-state index in [-0.39, 0.29) is 0 Å². The molecule has 1 rings (SSSR count). The molecule has 1 aromatic carbocycles. The summed E-state index contributed by atoms with van der Waals surface area (Å²) in [6.45, 7) is 5.16. The summed E-state index contributed by atoms with van der Waals surface area (Å²) in [4.78, 5) is 3.73. The van der Waals surface area contributed by atoms with E-state index in [4.69, 9.17) is 5.73 Å². The van der Waals surface area contributed by atoms with Crippen LogP contribution in [0.4, 0.5) is 0 Å². The standard InChI is InChI=1S/C15H26N2S/c1-5-13(6-2)17(3)15(11-16)12-7-9-14(18-4)10-8-12/h7-10,13,15H,5-6,11,16H2,1-4H3. The molecule has 2 nitrogen and oxygen atoms in total. The van der Waals surface area contributed by atoms with Crippen molar-refractivity contribution in [2.45, 2.75) is 43.7 Å². The molecule has 0 aliphatic heterocycles. The lowest BCUT2D eigenvalue weighted by molar-refractivity contribution is 0.167. The molecular weight excluding hydrogens is 240 g/mol. The van der Waals surface area contributed by atoms with E-state index in [1.165, 1.54) is 23.3 Å². The van der Waals surface area contributed by atoms with Gasteiger partial charge in [-0.15, -0.1) is 11.8 Å². The van der Waals surface area contributed by atoms with Crippen molar-refractivity contribution < 1.29 is 0 Å². The molecule has 0 saturated heterocycles. The summed E-state index contributed by atoms with van der Waals surface area (Å²) in [5, 5.41) is 0. The zero-order chi connectivity index (χ0) is 13.5. The van der Waals surface area contributed by atoms with Crippen LogP contribution in [0, 0.1) is 0 Å². The molecule has 18 heavy (non-hydrogen) atoms. The van der Waals surface area contributed by atoms with Crippen LogP contribution >= 0.6 is 11.8 Å². The van der Waals surface area contributed by atoms with Gasteiger partial charge < -0.3 is 5.73 Å². The summed E-state index contributed by atoms with van der Waals surface area (Å²) < 4.78 is 0. The van der Waals surface area contributed by atoms with Gasteiger partial charge in [0.25, 0.3) is 0 Å². The summed E-state index contributed by atoms with van der Waals surface area (Å²) in [7, 11) is 2.19. The lowest BCUT2D eigenvalue weighted by Crippen LogP contribution is -2.38. The van der Waals surface area contributed by atoms with Crippen molar-refractivity contribution in [3.63, 3.8) is 0 Å². The summed E-state index contributed by atoms with van der Waals surface area (Å²) in [5.74, 6) is 0. The van der Waals surface area contributed by atoms with E-state index in [0.717, 1.165) is 0 Å². The van der Waals surface area contributed by atoms with Crippen molar-refractivity contribution in [3.05, 3.63) is 29.8 Å². The van der Waals surface area contributed by atoms with Crippen molar-refractivity contribution in [1.82, 2.24) is 4.90 Å². The lowest BCUT2D eigenvalue weighted by atomic mass is 10.0. The van der Waals surface area contributed by atoms with Gasteiger partial charge >= 0.3 is 0 Å². The molecule has 0 fully saturated rings. The van der Waals surface area contributed by atoms with Crippen molar-refractivity contribution in [2.24, 2.45) is 5.73 Å². The molecule has 0 amide bonds. The van der Waals surface area contributed by atoms with Gasteiger partial charge in [-0.1, -0.05) is 26.0 Å². The molecular formula is C15H26N2S. The number of nitrogens with two attached hydrogens (primary N) is 1. The number of benzene rings is 1. The van der Waals surface area contributed by atoms with Crippen LogP contribution in [-0.4, -0.2) is 30.8 Å². The summed E-state index contributed by atoms with van der Waals surface area (Å²) in [6, 6.07) is 9.72. The van der Waals surface area contributed by atoms with Crippen LogP contribution in [0.25, 0.3) is 0 Å². The third kappa shape index (κ3) is 3.74. The highest BCUT2D eigenvalue weighted by Gasteiger charge is 2.20. The maximum Gasteiger partial charge on any atom is 0.0470 e. The number of hydrogen-bond acceptors (Lipinski definition) is 3. The molecule has 2 N–H and O–H groups in total. The van der Waals surface area contributed by atoms with Crippen molar-refractivity contribution >= 4 is 11.8 Å². The van der Waals surface area contributed by atoms with Crippen molar-refractivity contribution in [1.29, 1.82) is 0 Å². The lowest BCUT2D eigenvalue weighted by Gasteiger charge is -2.34. The van der Waals surface area contributed by atoms with Gasteiger partial charge in [0.2, 0.25) is 0 Å². The maximum absolute atomic E-state index is 5.98. The molecule has 0 aromatic heterocycles. The second kappa shape index (κ2) is 7.82. The first-order valence-electron chi connectivity index (χ1n) is 6.73. The van der Waals surface area contributed by atoms with Gasteiger partial charge in [0, 0.05) is 23.5 Å². The predicted molar refractivity (Wildman–Crippen MR) is 82.2 cm³/mol. The van der Waals surface area contributed by atoms with Crippen LogP contribution in [0.5, 0.6) is 0 Å². The number of nitrogens with zero attached hydrogens (tertiary/aromatic N) is 1. The van der Waals surface area contributed by atoms with Crippen LogP contribution in [-0.2, 0) is 0 Å². The monoisotopic (exact) mass is 266 g/mol. The van der Waals surface area contributed by atoms with Gasteiger partial charge in [0.05, 0.1) is 0 Å². The van der Waals surface area contributed by atoms with Gasteiger partial charge in [0.15, 0.2) is 0 Å². The zero-order valence-electron chi connectivity index (χ0n) is 12.0. The Balaban J connectivity index is 2.86. The van der Waals surface area contributed by atoms with E-state index >= 15 is 0 Å². The largest absolute Gasteiger partial charge is 0.329 e. The minimum Gasteiger partial charge on any atom is -0.329 e. The maximum atomic E-state index is 5.98. The van der Waals surface area contributed by atoms with Crippen LogP contribution in [0.2, 0.25) is 0 Å². The molecule has 0 heterocycles. The Morgan fingerprint density at radius 3 is 2.11 bits per heavy atom. The number of rotatable bonds is 7. The molecule has 0 spiro atoms. The van der Waals surface area contributed by atoms with E-state index < -0.39 is 0 Å². The quantitative estimate of drug-likeness (QED) is 0.766. The van der Waals surface area contributed by atoms with E-state index in [2.05, 4.69) is 56.3 Å². The highest BCUT2D eigenvalue weighted by Crippen LogP contribution is 2.25. The van der Waals surface area contributed by atoms with E-state index in [1.807, 2.05) is 0 Å². The van der Waals surface area contributed by atoms with Crippen LogP contribution in [0.3, 0.4) is 0 Å². The minimum atomic E-state index is 0.325. The number of hydrogen-bond donors (Lipinski definition) is 1. The Hall–Kier alpha value is -0.510. The van der Waals surface area contributed by atoms with Crippen molar-refractivity contribution in [3.8, 4) is 0 Å². The second-order valence-electron chi connectivity index (χ2n) is 4.66. The molecule has 0 aliphatic carbocycles. The fraction of sp³-hybridized carbons (Fsp3) is 0.600. The molecule has 1 atom stereocenters. The molecule has 3 heteroatoms. The summed E-state index contributed by atoms with van der Waals surface area (Å²) in [5.41, 5.74) is 7.30. The Morgan fingerprint density at radius 1 is 1.17 bits per heavy atom. The zero-order valence-corrected chi connectivity index (χ0v) is 12.8. The first kappa shape index (κ1) is 15.5. The molecule has 0 radical (unpaired) electrons. The summed E-state index contributed by atoms with van der Waals surface area (Å²) >= 11 is 1.78. The van der Waals surface area contributed by atoms with Gasteiger partial charge in [-0.2, -0.15) is 0 Å². The van der Waals surface area contributed by atoms with E-state index in [1.54, 1.807) is 11.8 Å². The topological polar surface area (TPSA) is 29.3 Å². The van der Waals surface area contributed by atoms with Gasteiger partial charge in [-0.05, 0) is 43.8 Å². The third-order valence-electron chi connectivity index (χ3n) is 3.73. The minimum absolute atomic E-state index is 0.325. The van der Waals surface area contributed by atoms with Crippen LogP contribution in [0.15, 0.2) is 29.2 Å². The SMILES string of the molecule is CCC(CC)N(C)C(CN)c1ccc(SC)cc1. The normalized spacial score (nSPS) is 13.3. The highest BCUT2D eigenvalue weighted by atomic mass is 32.2. The molecule has 102 valence electrons. The molecule has 1 unspecified atom stereocenters. The van der Waals surface area contributed by atoms with Gasteiger partial charge in [-0.25, -0.2) is 0 Å². The third-order valence-corrected chi connectivity index (χ3v) is 4.48. The number of thioether (sulfide) groups is 1. The Bertz CT molecular complexity index is 333. The Labute approximate surface area is 116 Å². The highest BCUT2D eigenvalue weighted by molar-refractivity contribution is 7.98. The summed E-state index contributed by atoms with van der Waals surface area (Å²) in [6.07, 6.45) is 4.45. The van der Waals surface area contributed by atoms with Crippen LogP contribution in [0.1, 0.15) is 38.3 Å². The average Bonchev–Trinajstić information content (AvgIpc) is 2.42. The van der Waals surface area contributed by atoms with E-state index in [0.29, 0.717) is 18.6 Å². The predicted octanol–water partition coefficient (Wildman–Crippen LogP) is 3.53.